The summed E-state index contributed by atoms with van der Waals surface area (Å²) < 4.78 is 14.0. The molecule has 0 bridgehead atoms. The molecule has 162 valence electrons. The van der Waals surface area contributed by atoms with Gasteiger partial charge in [0.1, 0.15) is 17.3 Å². The van der Waals surface area contributed by atoms with Crippen molar-refractivity contribution >= 4 is 33.9 Å². The van der Waals surface area contributed by atoms with Crippen molar-refractivity contribution in [3.63, 3.8) is 0 Å². The fourth-order valence-corrected chi connectivity index (χ4v) is 4.31. The van der Waals surface area contributed by atoms with Gasteiger partial charge >= 0.3 is 0 Å². The smallest absolute Gasteiger partial charge is 0.300 e. The number of hydrogen-bond donors (Lipinski definition) is 2. The molecule has 1 aliphatic rings. The number of hydrogen-bond acceptors (Lipinski definition) is 4. The van der Waals surface area contributed by atoms with Gasteiger partial charge in [-0.05, 0) is 46.7 Å². The first-order valence-corrected chi connectivity index (χ1v) is 10.3. The van der Waals surface area contributed by atoms with Crippen molar-refractivity contribution < 1.29 is 24.2 Å². The summed E-state index contributed by atoms with van der Waals surface area (Å²) in [6.45, 7) is 0. The lowest BCUT2D eigenvalue weighted by Crippen LogP contribution is -2.29. The lowest BCUT2D eigenvalue weighted by Gasteiger charge is -2.25. The molecule has 5 rings (SSSR count). The molecular formula is C27H18FNO4. The van der Waals surface area contributed by atoms with Gasteiger partial charge in [-0.25, -0.2) is 4.39 Å². The number of amides is 1. The average molecular weight is 439 g/mol. The van der Waals surface area contributed by atoms with Crippen LogP contribution in [0.4, 0.5) is 10.1 Å². The quantitative estimate of drug-likeness (QED) is 0.258. The molecule has 4 aromatic rings. The maximum atomic E-state index is 14.0. The molecule has 1 saturated heterocycles. The van der Waals surface area contributed by atoms with Gasteiger partial charge in [0, 0.05) is 11.3 Å². The second kappa shape index (κ2) is 7.91. The van der Waals surface area contributed by atoms with Gasteiger partial charge in [0.05, 0.1) is 11.6 Å². The highest BCUT2D eigenvalue weighted by Gasteiger charge is 2.47. The maximum Gasteiger partial charge on any atom is 0.300 e. The van der Waals surface area contributed by atoms with Crippen LogP contribution in [0.2, 0.25) is 0 Å². The lowest BCUT2D eigenvalue weighted by molar-refractivity contribution is -0.132. The molecule has 1 amide bonds. The third kappa shape index (κ3) is 3.42. The lowest BCUT2D eigenvalue weighted by atomic mass is 9.93. The maximum absolute atomic E-state index is 14.0. The summed E-state index contributed by atoms with van der Waals surface area (Å²) in [6.07, 6.45) is 0. The Balaban J connectivity index is 1.79. The number of Topliss-reactive ketones (excluding diaryl/α,β-unsaturated/α-hetero) is 1. The van der Waals surface area contributed by atoms with Gasteiger partial charge in [-0.2, -0.15) is 0 Å². The van der Waals surface area contributed by atoms with E-state index in [0.717, 1.165) is 16.4 Å². The molecule has 1 atom stereocenters. The van der Waals surface area contributed by atoms with Gasteiger partial charge < -0.3 is 10.2 Å². The highest BCUT2D eigenvalue weighted by molar-refractivity contribution is 6.51. The number of ketones is 1. The first-order valence-electron chi connectivity index (χ1n) is 10.3. The zero-order chi connectivity index (χ0) is 23.1. The van der Waals surface area contributed by atoms with E-state index in [4.69, 9.17) is 0 Å². The number of carbonyl (C=O) groups excluding carboxylic acids is 2. The summed E-state index contributed by atoms with van der Waals surface area (Å²) in [7, 11) is 0. The third-order valence-electron chi connectivity index (χ3n) is 5.76. The van der Waals surface area contributed by atoms with Crippen molar-refractivity contribution in [2.24, 2.45) is 0 Å². The van der Waals surface area contributed by atoms with E-state index in [2.05, 4.69) is 0 Å². The van der Waals surface area contributed by atoms with E-state index < -0.39 is 23.5 Å². The topological polar surface area (TPSA) is 77.8 Å². The molecule has 5 nitrogen and oxygen atoms in total. The number of nitrogens with zero attached hydrogens (tertiary/aromatic N) is 1. The van der Waals surface area contributed by atoms with E-state index in [0.29, 0.717) is 16.5 Å². The monoisotopic (exact) mass is 439 g/mol. The molecule has 0 radical (unpaired) electrons. The van der Waals surface area contributed by atoms with Crippen LogP contribution in [0.15, 0.2) is 96.6 Å². The predicted molar refractivity (Wildman–Crippen MR) is 123 cm³/mol. The SMILES string of the molecule is O=C1C(=O)N(c2cccc(F)c2)C(c2cccc(O)c2)/C1=C(/O)c1cccc2ccccc12. The fraction of sp³-hybridized carbons (Fsp3) is 0.0370. The molecule has 4 aromatic carbocycles. The van der Waals surface area contributed by atoms with Crippen LogP contribution in [0.1, 0.15) is 17.2 Å². The Morgan fingerprint density at radius 2 is 1.58 bits per heavy atom. The largest absolute Gasteiger partial charge is 0.508 e. The number of rotatable bonds is 3. The van der Waals surface area contributed by atoms with Gasteiger partial charge in [-0.3, -0.25) is 14.5 Å². The van der Waals surface area contributed by atoms with Crippen LogP contribution in [-0.4, -0.2) is 21.9 Å². The zero-order valence-electron chi connectivity index (χ0n) is 17.3. The van der Waals surface area contributed by atoms with Crippen LogP contribution in [-0.2, 0) is 9.59 Å². The molecule has 0 aliphatic carbocycles. The molecule has 2 N–H and O–H groups in total. The van der Waals surface area contributed by atoms with Gasteiger partial charge in [-0.15, -0.1) is 0 Å². The molecule has 0 spiro atoms. The number of aliphatic hydroxyl groups is 1. The molecule has 0 saturated carbocycles. The number of carbonyl (C=O) groups is 2. The van der Waals surface area contributed by atoms with E-state index >= 15 is 0 Å². The minimum atomic E-state index is -1.06. The Labute approximate surface area is 188 Å². The van der Waals surface area contributed by atoms with Crippen molar-refractivity contribution in [3.05, 3.63) is 114 Å². The van der Waals surface area contributed by atoms with Crippen LogP contribution < -0.4 is 4.90 Å². The van der Waals surface area contributed by atoms with E-state index in [9.17, 15) is 24.2 Å². The second-order valence-corrected chi connectivity index (χ2v) is 7.77. The summed E-state index contributed by atoms with van der Waals surface area (Å²) in [5.41, 5.74) is 0.837. The van der Waals surface area contributed by atoms with Gasteiger partial charge in [0.25, 0.3) is 11.7 Å². The fourth-order valence-electron chi connectivity index (χ4n) is 4.31. The summed E-state index contributed by atoms with van der Waals surface area (Å²) in [4.78, 5) is 27.5. The van der Waals surface area contributed by atoms with Crippen molar-refractivity contribution in [2.45, 2.75) is 6.04 Å². The number of benzene rings is 4. The number of fused-ring (bicyclic) bond motifs is 1. The van der Waals surface area contributed by atoms with Gasteiger partial charge in [-0.1, -0.05) is 60.7 Å². The summed E-state index contributed by atoms with van der Waals surface area (Å²) >= 11 is 0. The number of halogens is 1. The zero-order valence-corrected chi connectivity index (χ0v) is 17.3. The van der Waals surface area contributed by atoms with Crippen LogP contribution in [0.3, 0.4) is 0 Å². The molecule has 6 heteroatoms. The summed E-state index contributed by atoms with van der Waals surface area (Å²) in [6, 6.07) is 23.1. The Morgan fingerprint density at radius 1 is 0.848 bits per heavy atom. The first-order chi connectivity index (χ1) is 16.0. The van der Waals surface area contributed by atoms with Gasteiger partial charge in [0.2, 0.25) is 0 Å². The Bertz CT molecular complexity index is 1450. The Kier molecular flexibility index (Phi) is 4.90. The van der Waals surface area contributed by atoms with Crippen molar-refractivity contribution in [3.8, 4) is 5.75 Å². The molecule has 1 fully saturated rings. The van der Waals surface area contributed by atoms with Crippen molar-refractivity contribution in [1.82, 2.24) is 0 Å². The Morgan fingerprint density at radius 3 is 2.36 bits per heavy atom. The van der Waals surface area contributed by atoms with Gasteiger partial charge in [0.15, 0.2) is 0 Å². The normalized spacial score (nSPS) is 17.6. The van der Waals surface area contributed by atoms with Crippen LogP contribution in [0, 0.1) is 5.82 Å². The molecule has 0 aromatic heterocycles. The van der Waals surface area contributed by atoms with Crippen LogP contribution in [0.25, 0.3) is 16.5 Å². The second-order valence-electron chi connectivity index (χ2n) is 7.77. The first kappa shape index (κ1) is 20.5. The third-order valence-corrected chi connectivity index (χ3v) is 5.76. The average Bonchev–Trinajstić information content (AvgIpc) is 3.09. The minimum Gasteiger partial charge on any atom is -0.508 e. The number of aromatic hydroxyl groups is 1. The number of phenolic OH excluding ortho intramolecular Hbond substituents is 1. The van der Waals surface area contributed by atoms with E-state index in [1.54, 1.807) is 24.3 Å². The highest BCUT2D eigenvalue weighted by Crippen LogP contribution is 2.43. The summed E-state index contributed by atoms with van der Waals surface area (Å²) in [5, 5.41) is 23.0. The highest BCUT2D eigenvalue weighted by atomic mass is 19.1. The minimum absolute atomic E-state index is 0.0671. The molecule has 1 unspecified atom stereocenters. The standard InChI is InChI=1S/C27H18FNO4/c28-18-9-5-10-19(15-18)29-24(17-8-3-11-20(30)14-17)23(26(32)27(29)33)25(31)22-13-4-7-16-6-1-2-12-21(16)22/h1-15,24,30-31H/b25-23-. The Hall–Kier alpha value is -4.45. The van der Waals surface area contributed by atoms with E-state index in [1.807, 2.05) is 30.3 Å². The number of phenols is 1. The predicted octanol–water partition coefficient (Wildman–Crippen LogP) is 5.31. The molecule has 33 heavy (non-hydrogen) atoms. The van der Waals surface area contributed by atoms with Crippen molar-refractivity contribution in [1.29, 1.82) is 0 Å². The molecular weight excluding hydrogens is 421 g/mol. The van der Waals surface area contributed by atoms with Crippen LogP contribution in [0.5, 0.6) is 5.75 Å². The summed E-state index contributed by atoms with van der Waals surface area (Å²) in [5.74, 6) is -2.76. The van der Waals surface area contributed by atoms with E-state index in [-0.39, 0.29) is 22.8 Å². The molecule has 1 aliphatic heterocycles. The van der Waals surface area contributed by atoms with E-state index in [1.165, 1.54) is 30.3 Å². The number of aliphatic hydroxyl groups excluding tert-OH is 1. The van der Waals surface area contributed by atoms with Crippen LogP contribution >= 0.6 is 0 Å². The number of anilines is 1. The molecule has 1 heterocycles. The van der Waals surface area contributed by atoms with Crippen molar-refractivity contribution in [2.75, 3.05) is 4.90 Å².